The average molecular weight is 474 g/mol. The highest BCUT2D eigenvalue weighted by Crippen LogP contribution is 2.18. The lowest BCUT2D eigenvalue weighted by Gasteiger charge is -2.34. The summed E-state index contributed by atoms with van der Waals surface area (Å²) in [6.07, 6.45) is 0.100. The van der Waals surface area contributed by atoms with E-state index in [0.717, 1.165) is 0 Å². The van der Waals surface area contributed by atoms with E-state index in [-0.39, 0.29) is 6.42 Å². The molecular formula is C19H25BrFN3O5. The number of nitrogens with zero attached hydrogens (tertiary/aromatic N) is 1. The molecule has 0 aliphatic carbocycles. The summed E-state index contributed by atoms with van der Waals surface area (Å²) in [4.78, 5) is 36.5. The first kappa shape index (κ1) is 23.1. The Labute approximate surface area is 176 Å². The number of hydrogen-bond acceptors (Lipinski definition) is 5. The summed E-state index contributed by atoms with van der Waals surface area (Å²) in [6.45, 7) is 5.37. The minimum absolute atomic E-state index is 0.00432. The maximum atomic E-state index is 13.7. The highest BCUT2D eigenvalue weighted by Gasteiger charge is 2.33. The molecule has 1 aromatic carbocycles. The average Bonchev–Trinajstić information content (AvgIpc) is 2.58. The monoisotopic (exact) mass is 473 g/mol. The van der Waals surface area contributed by atoms with Gasteiger partial charge in [-0.15, -0.1) is 0 Å². The van der Waals surface area contributed by atoms with E-state index in [4.69, 9.17) is 4.74 Å². The molecule has 0 aromatic heterocycles. The van der Waals surface area contributed by atoms with Gasteiger partial charge in [0.25, 0.3) is 5.91 Å². The van der Waals surface area contributed by atoms with E-state index in [0.29, 0.717) is 29.4 Å². The minimum Gasteiger partial charge on any atom is -0.480 e. The Hall–Kier alpha value is -2.20. The van der Waals surface area contributed by atoms with E-state index < -0.39 is 41.5 Å². The maximum absolute atomic E-state index is 13.7. The standard InChI is InChI=1S/C19H25BrFN3O5/c1-19(2,3)29-18(28)22-15(9-11-7-12(20)10-13(21)8-11)16(25)24-6-4-5-14(23-24)17(26)27/h7-8,10,14-15,23H,4-6,9H2,1-3H3,(H,22,28)(H,26,27)/t14-,15-/m0/s1. The second-order valence-electron chi connectivity index (χ2n) is 7.83. The molecule has 0 bridgehead atoms. The molecule has 29 heavy (non-hydrogen) atoms. The van der Waals surface area contributed by atoms with Crippen molar-refractivity contribution in [2.45, 2.75) is 57.7 Å². The topological polar surface area (TPSA) is 108 Å². The predicted octanol–water partition coefficient (Wildman–Crippen LogP) is 2.60. The summed E-state index contributed by atoms with van der Waals surface area (Å²) in [5.74, 6) is -2.07. The van der Waals surface area contributed by atoms with Crippen molar-refractivity contribution < 1.29 is 28.6 Å². The summed E-state index contributed by atoms with van der Waals surface area (Å²) in [6, 6.07) is 2.23. The third kappa shape index (κ3) is 7.28. The third-order valence-electron chi connectivity index (χ3n) is 4.10. The fourth-order valence-corrected chi connectivity index (χ4v) is 3.44. The van der Waals surface area contributed by atoms with Crippen LogP contribution in [-0.4, -0.2) is 52.3 Å². The first-order valence-corrected chi connectivity index (χ1v) is 9.99. The van der Waals surface area contributed by atoms with Crippen molar-refractivity contribution in [3.8, 4) is 0 Å². The van der Waals surface area contributed by atoms with E-state index in [2.05, 4.69) is 26.7 Å². The van der Waals surface area contributed by atoms with Gasteiger partial charge in [0.05, 0.1) is 0 Å². The van der Waals surface area contributed by atoms with Crippen LogP contribution in [-0.2, 0) is 20.7 Å². The molecule has 2 rings (SSSR count). The van der Waals surface area contributed by atoms with E-state index >= 15 is 0 Å². The molecule has 160 valence electrons. The van der Waals surface area contributed by atoms with Gasteiger partial charge < -0.3 is 15.2 Å². The van der Waals surface area contributed by atoms with Crippen molar-refractivity contribution in [1.82, 2.24) is 15.8 Å². The third-order valence-corrected chi connectivity index (χ3v) is 4.56. The molecule has 1 heterocycles. The number of carboxylic acid groups (broad SMARTS) is 1. The second kappa shape index (κ2) is 9.53. The van der Waals surface area contributed by atoms with Gasteiger partial charge in [0.15, 0.2) is 0 Å². The SMILES string of the molecule is CC(C)(C)OC(=O)N[C@@H](Cc1cc(F)cc(Br)c1)C(=O)N1CCC[C@@H](C(=O)O)N1. The molecule has 3 N–H and O–H groups in total. The molecule has 0 spiro atoms. The number of ether oxygens (including phenoxy) is 1. The number of rotatable bonds is 5. The molecule has 1 saturated heterocycles. The van der Waals surface area contributed by atoms with Crippen LogP contribution in [0.4, 0.5) is 9.18 Å². The Kier molecular flexibility index (Phi) is 7.59. The van der Waals surface area contributed by atoms with Crippen LogP contribution in [0.15, 0.2) is 22.7 Å². The number of hydrogen-bond donors (Lipinski definition) is 3. The van der Waals surface area contributed by atoms with Gasteiger partial charge in [-0.1, -0.05) is 15.9 Å². The number of carbonyl (C=O) groups excluding carboxylic acids is 2. The molecule has 0 radical (unpaired) electrons. The minimum atomic E-state index is -1.07. The highest BCUT2D eigenvalue weighted by molar-refractivity contribution is 9.10. The van der Waals surface area contributed by atoms with Gasteiger partial charge in [-0.2, -0.15) is 0 Å². The van der Waals surface area contributed by atoms with E-state index in [1.165, 1.54) is 17.1 Å². The first-order chi connectivity index (χ1) is 13.4. The number of carbonyl (C=O) groups is 3. The number of hydrazine groups is 1. The number of carboxylic acids is 1. The van der Waals surface area contributed by atoms with Gasteiger partial charge in [0, 0.05) is 17.4 Å². The smallest absolute Gasteiger partial charge is 0.408 e. The fraction of sp³-hybridized carbons (Fsp3) is 0.526. The zero-order valence-electron chi connectivity index (χ0n) is 16.5. The summed E-state index contributed by atoms with van der Waals surface area (Å²) >= 11 is 3.21. The van der Waals surface area contributed by atoms with Crippen molar-refractivity contribution in [2.75, 3.05) is 6.54 Å². The summed E-state index contributed by atoms with van der Waals surface area (Å²) < 4.78 is 19.5. The second-order valence-corrected chi connectivity index (χ2v) is 8.75. The lowest BCUT2D eigenvalue weighted by Crippen LogP contribution is -2.60. The van der Waals surface area contributed by atoms with Gasteiger partial charge in [0.2, 0.25) is 0 Å². The Morgan fingerprint density at radius 1 is 1.38 bits per heavy atom. The summed E-state index contributed by atoms with van der Waals surface area (Å²) in [7, 11) is 0. The van der Waals surface area contributed by atoms with Gasteiger partial charge in [-0.05, 0) is 57.4 Å². The van der Waals surface area contributed by atoms with Crippen LogP contribution in [0.2, 0.25) is 0 Å². The molecule has 8 nitrogen and oxygen atoms in total. The fourth-order valence-electron chi connectivity index (χ4n) is 2.93. The molecule has 2 amide bonds. The first-order valence-electron chi connectivity index (χ1n) is 9.19. The van der Waals surface area contributed by atoms with Gasteiger partial charge in [0.1, 0.15) is 23.5 Å². The van der Waals surface area contributed by atoms with E-state index in [1.54, 1.807) is 26.8 Å². The van der Waals surface area contributed by atoms with Crippen molar-refractivity contribution >= 4 is 33.9 Å². The number of benzene rings is 1. The Morgan fingerprint density at radius 2 is 2.07 bits per heavy atom. The van der Waals surface area contributed by atoms with E-state index in [1.807, 2.05) is 0 Å². The summed E-state index contributed by atoms with van der Waals surface area (Å²) in [5, 5.41) is 12.9. The Balaban J connectivity index is 2.21. The molecule has 10 heteroatoms. The van der Waals surface area contributed by atoms with Crippen LogP contribution < -0.4 is 10.7 Å². The molecule has 2 atom stereocenters. The molecule has 0 saturated carbocycles. The lowest BCUT2D eigenvalue weighted by atomic mass is 10.0. The van der Waals surface area contributed by atoms with Crippen molar-refractivity contribution in [1.29, 1.82) is 0 Å². The zero-order valence-corrected chi connectivity index (χ0v) is 18.1. The normalized spacial score (nSPS) is 18.1. The van der Waals surface area contributed by atoms with Crippen LogP contribution in [0, 0.1) is 5.82 Å². The number of alkyl carbamates (subject to hydrolysis) is 1. The molecule has 0 unspecified atom stereocenters. The largest absolute Gasteiger partial charge is 0.480 e. The predicted molar refractivity (Wildman–Crippen MR) is 106 cm³/mol. The number of amides is 2. The number of aliphatic carboxylic acids is 1. The van der Waals surface area contributed by atoms with E-state index in [9.17, 15) is 23.9 Å². The van der Waals surface area contributed by atoms with Crippen molar-refractivity contribution in [3.63, 3.8) is 0 Å². The van der Waals surface area contributed by atoms with Crippen molar-refractivity contribution in [2.24, 2.45) is 0 Å². The quantitative estimate of drug-likeness (QED) is 0.606. The van der Waals surface area contributed by atoms with Crippen molar-refractivity contribution in [3.05, 3.63) is 34.1 Å². The molecule has 1 fully saturated rings. The molecule has 1 aliphatic rings. The van der Waals surface area contributed by atoms with Crippen LogP contribution >= 0.6 is 15.9 Å². The van der Waals surface area contributed by atoms with Gasteiger partial charge in [-0.3, -0.25) is 14.6 Å². The number of nitrogens with one attached hydrogen (secondary N) is 2. The Bertz CT molecular complexity index is 763. The van der Waals surface area contributed by atoms with Gasteiger partial charge >= 0.3 is 12.1 Å². The molecular weight excluding hydrogens is 449 g/mol. The van der Waals surface area contributed by atoms with Gasteiger partial charge in [-0.25, -0.2) is 14.6 Å². The molecule has 1 aliphatic heterocycles. The lowest BCUT2D eigenvalue weighted by molar-refractivity contribution is -0.147. The molecule has 1 aromatic rings. The van der Waals surface area contributed by atoms with Crippen LogP contribution in [0.5, 0.6) is 0 Å². The Morgan fingerprint density at radius 3 is 2.66 bits per heavy atom. The summed E-state index contributed by atoms with van der Waals surface area (Å²) in [5.41, 5.74) is 2.39. The zero-order chi connectivity index (χ0) is 21.8. The van der Waals surface area contributed by atoms with Crippen LogP contribution in [0.1, 0.15) is 39.2 Å². The number of halogens is 2. The maximum Gasteiger partial charge on any atom is 0.408 e. The van der Waals surface area contributed by atoms with Crippen LogP contribution in [0.25, 0.3) is 0 Å². The highest BCUT2D eigenvalue weighted by atomic mass is 79.9. The van der Waals surface area contributed by atoms with Crippen LogP contribution in [0.3, 0.4) is 0 Å².